The second kappa shape index (κ2) is 6.14. The number of H-pyrrole nitrogens is 1. The molecule has 9 heteroatoms. The van der Waals surface area contributed by atoms with Gasteiger partial charge in [0.1, 0.15) is 11.2 Å². The molecule has 29 heavy (non-hydrogen) atoms. The highest BCUT2D eigenvalue weighted by molar-refractivity contribution is 5.88. The number of nitrogens with two attached hydrogens (primary N) is 1. The van der Waals surface area contributed by atoms with Crippen molar-refractivity contribution in [1.29, 1.82) is 0 Å². The van der Waals surface area contributed by atoms with Crippen molar-refractivity contribution in [2.45, 2.75) is 12.0 Å². The molecule has 0 saturated carbocycles. The molecule has 4 heterocycles. The first-order valence-electron chi connectivity index (χ1n) is 9.12. The third kappa shape index (κ3) is 2.66. The number of likely N-dealkylation sites (N-methyl/N-ethyl adjacent to an activating group) is 1. The molecule has 146 valence electrons. The Balaban J connectivity index is 1.51. The number of amides is 1. The molecule has 1 unspecified atom stereocenters. The van der Waals surface area contributed by atoms with E-state index < -0.39 is 5.60 Å². The molecule has 4 N–H and O–H groups in total. The Bertz CT molecular complexity index is 1250. The predicted molar refractivity (Wildman–Crippen MR) is 105 cm³/mol. The number of benzene rings is 1. The van der Waals surface area contributed by atoms with Gasteiger partial charge in [0.15, 0.2) is 11.6 Å². The van der Waals surface area contributed by atoms with Crippen LogP contribution >= 0.6 is 0 Å². The number of likely N-dealkylation sites (tertiary alicyclic amines) is 1. The highest BCUT2D eigenvalue weighted by Gasteiger charge is 2.48. The molecule has 1 aliphatic heterocycles. The van der Waals surface area contributed by atoms with E-state index in [1.807, 2.05) is 36.4 Å². The lowest BCUT2D eigenvalue weighted by Crippen LogP contribution is -2.35. The summed E-state index contributed by atoms with van der Waals surface area (Å²) in [6.45, 7) is 0.464. The molecule has 9 nitrogen and oxygen atoms in total. The predicted octanol–water partition coefficient (Wildman–Crippen LogP) is 1.91. The van der Waals surface area contributed by atoms with E-state index in [-0.39, 0.29) is 18.1 Å². The number of pyridine rings is 1. The first kappa shape index (κ1) is 17.4. The summed E-state index contributed by atoms with van der Waals surface area (Å²) in [5, 5.41) is 21.6. The Labute approximate surface area is 165 Å². The molecule has 0 bridgehead atoms. The lowest BCUT2D eigenvalue weighted by atomic mass is 9.97. The number of anilines is 1. The van der Waals surface area contributed by atoms with E-state index in [4.69, 9.17) is 10.3 Å². The Hall–Kier alpha value is -3.72. The van der Waals surface area contributed by atoms with Gasteiger partial charge in [0.25, 0.3) is 5.91 Å². The number of carbonyl (C=O) groups is 1. The molecule has 0 aliphatic carbocycles. The van der Waals surface area contributed by atoms with Gasteiger partial charge in [-0.25, -0.2) is 4.98 Å². The molecule has 1 fully saturated rings. The zero-order valence-electron chi connectivity index (χ0n) is 15.6. The normalized spacial score (nSPS) is 19.4. The van der Waals surface area contributed by atoms with Crippen molar-refractivity contribution < 1.29 is 14.4 Å². The molecule has 0 radical (unpaired) electrons. The SMILES string of the molecule is CN1CCC(O)(c2cc(-c3cccc(-c4ccc5[nH]nc(N)c5n4)c3)no2)C1=O. The number of nitrogens with zero attached hydrogens (tertiary/aromatic N) is 4. The topological polar surface area (TPSA) is 134 Å². The summed E-state index contributed by atoms with van der Waals surface area (Å²) < 4.78 is 5.34. The summed E-state index contributed by atoms with van der Waals surface area (Å²) in [5.74, 6) is 0.112. The van der Waals surface area contributed by atoms with Crippen molar-refractivity contribution in [3.05, 3.63) is 48.2 Å². The molecule has 1 atom stereocenters. The first-order valence-corrected chi connectivity index (χ1v) is 9.12. The standard InChI is InChI=1S/C20H18N6O3/c1-26-8-7-20(28,19(26)27)16-10-15(25-29-16)12-4-2-3-11(9-12)13-5-6-14-17(22-13)18(21)24-23-14/h2-6,9-10,28H,7-8H2,1H3,(H3,21,23,24). The molecule has 3 aromatic heterocycles. The summed E-state index contributed by atoms with van der Waals surface area (Å²) in [6.07, 6.45) is 0.271. The van der Waals surface area contributed by atoms with Crippen LogP contribution in [0.3, 0.4) is 0 Å². The third-order valence-corrected chi connectivity index (χ3v) is 5.32. The maximum Gasteiger partial charge on any atom is 0.262 e. The van der Waals surface area contributed by atoms with E-state index in [9.17, 15) is 9.90 Å². The van der Waals surface area contributed by atoms with Crippen LogP contribution in [0.4, 0.5) is 5.82 Å². The molecule has 1 aromatic carbocycles. The van der Waals surface area contributed by atoms with E-state index in [1.54, 1.807) is 13.1 Å². The summed E-state index contributed by atoms with van der Waals surface area (Å²) in [5.41, 5.74) is 8.49. The average Bonchev–Trinajstić information content (AvgIpc) is 3.44. The Morgan fingerprint density at radius 1 is 1.21 bits per heavy atom. The number of aliphatic hydroxyl groups is 1. The van der Waals surface area contributed by atoms with Crippen molar-refractivity contribution >= 4 is 22.8 Å². The third-order valence-electron chi connectivity index (χ3n) is 5.32. The number of aromatic amines is 1. The van der Waals surface area contributed by atoms with Crippen molar-refractivity contribution in [2.75, 3.05) is 19.3 Å². The van der Waals surface area contributed by atoms with Crippen LogP contribution in [-0.2, 0) is 10.4 Å². The quantitative estimate of drug-likeness (QED) is 0.486. The maximum atomic E-state index is 12.3. The molecule has 5 rings (SSSR count). The first-order chi connectivity index (χ1) is 14.0. The monoisotopic (exact) mass is 390 g/mol. The number of nitrogens with one attached hydrogen (secondary N) is 1. The van der Waals surface area contributed by atoms with Crippen molar-refractivity contribution in [2.24, 2.45) is 0 Å². The molecule has 1 saturated heterocycles. The second-order valence-electron chi connectivity index (χ2n) is 7.20. The number of rotatable bonds is 3. The highest BCUT2D eigenvalue weighted by Crippen LogP contribution is 2.35. The van der Waals surface area contributed by atoms with E-state index >= 15 is 0 Å². The van der Waals surface area contributed by atoms with Crippen LogP contribution in [0.25, 0.3) is 33.5 Å². The molecular formula is C20H18N6O3. The van der Waals surface area contributed by atoms with E-state index in [1.165, 1.54) is 4.90 Å². The van der Waals surface area contributed by atoms with Gasteiger partial charge in [-0.15, -0.1) is 0 Å². The Morgan fingerprint density at radius 3 is 2.76 bits per heavy atom. The summed E-state index contributed by atoms with van der Waals surface area (Å²) in [7, 11) is 1.65. The van der Waals surface area contributed by atoms with Crippen molar-refractivity contribution in [1.82, 2.24) is 25.2 Å². The van der Waals surface area contributed by atoms with Gasteiger partial charge >= 0.3 is 0 Å². The molecule has 1 amide bonds. The summed E-state index contributed by atoms with van der Waals surface area (Å²) >= 11 is 0. The smallest absolute Gasteiger partial charge is 0.262 e. The molecule has 0 spiro atoms. The zero-order valence-corrected chi connectivity index (χ0v) is 15.6. The van der Waals surface area contributed by atoms with Crippen LogP contribution in [0, 0.1) is 0 Å². The summed E-state index contributed by atoms with van der Waals surface area (Å²) in [6, 6.07) is 13.0. The van der Waals surface area contributed by atoms with Crippen LogP contribution in [0.15, 0.2) is 47.0 Å². The Kier molecular flexibility index (Phi) is 3.68. The van der Waals surface area contributed by atoms with Crippen LogP contribution < -0.4 is 5.73 Å². The fraction of sp³-hybridized carbons (Fsp3) is 0.200. The van der Waals surface area contributed by atoms with Gasteiger partial charge in [0, 0.05) is 37.2 Å². The second-order valence-corrected chi connectivity index (χ2v) is 7.20. The average molecular weight is 390 g/mol. The fourth-order valence-corrected chi connectivity index (χ4v) is 3.61. The largest absolute Gasteiger partial charge is 0.380 e. The van der Waals surface area contributed by atoms with E-state index in [2.05, 4.69) is 20.3 Å². The lowest BCUT2D eigenvalue weighted by molar-refractivity contribution is -0.144. The summed E-state index contributed by atoms with van der Waals surface area (Å²) in [4.78, 5) is 18.3. The van der Waals surface area contributed by atoms with E-state index in [0.29, 0.717) is 23.6 Å². The van der Waals surface area contributed by atoms with Crippen LogP contribution in [0.5, 0.6) is 0 Å². The lowest BCUT2D eigenvalue weighted by Gasteiger charge is -2.16. The van der Waals surface area contributed by atoms with Crippen molar-refractivity contribution in [3.8, 4) is 22.5 Å². The van der Waals surface area contributed by atoms with Crippen LogP contribution in [0.1, 0.15) is 12.2 Å². The number of carbonyl (C=O) groups excluding carboxylic acids is 1. The van der Waals surface area contributed by atoms with Gasteiger partial charge in [-0.05, 0) is 18.2 Å². The highest BCUT2D eigenvalue weighted by atomic mass is 16.5. The molecule has 4 aromatic rings. The van der Waals surface area contributed by atoms with Gasteiger partial charge in [-0.2, -0.15) is 5.10 Å². The minimum absolute atomic E-state index is 0.151. The maximum absolute atomic E-state index is 12.3. The minimum atomic E-state index is -1.66. The number of nitrogen functional groups attached to an aromatic ring is 1. The zero-order chi connectivity index (χ0) is 20.2. The van der Waals surface area contributed by atoms with Crippen molar-refractivity contribution in [3.63, 3.8) is 0 Å². The van der Waals surface area contributed by atoms with Gasteiger partial charge in [-0.3, -0.25) is 9.89 Å². The fourth-order valence-electron chi connectivity index (χ4n) is 3.61. The number of aromatic nitrogens is 4. The number of hydrogen-bond donors (Lipinski definition) is 3. The van der Waals surface area contributed by atoms with Gasteiger partial charge in [-0.1, -0.05) is 23.4 Å². The van der Waals surface area contributed by atoms with Crippen LogP contribution in [-0.4, -0.2) is 49.8 Å². The van der Waals surface area contributed by atoms with Crippen LogP contribution in [0.2, 0.25) is 0 Å². The number of fused-ring (bicyclic) bond motifs is 1. The van der Waals surface area contributed by atoms with E-state index in [0.717, 1.165) is 22.3 Å². The minimum Gasteiger partial charge on any atom is -0.380 e. The van der Waals surface area contributed by atoms with Gasteiger partial charge in [0.05, 0.1) is 11.2 Å². The molecular weight excluding hydrogens is 372 g/mol. The van der Waals surface area contributed by atoms with Gasteiger partial charge in [0.2, 0.25) is 5.60 Å². The van der Waals surface area contributed by atoms with Gasteiger partial charge < -0.3 is 20.3 Å². The number of hydrogen-bond acceptors (Lipinski definition) is 7. The Morgan fingerprint density at radius 2 is 2.00 bits per heavy atom. The molecule has 1 aliphatic rings.